The zero-order valence-corrected chi connectivity index (χ0v) is 9.33. The van der Waals surface area contributed by atoms with Gasteiger partial charge in [0.25, 0.3) is 0 Å². The van der Waals surface area contributed by atoms with Gasteiger partial charge in [0.05, 0.1) is 17.9 Å². The van der Waals surface area contributed by atoms with Crippen LogP contribution in [0.15, 0.2) is 24.9 Å². The lowest BCUT2D eigenvalue weighted by atomic mass is 10.1. The van der Waals surface area contributed by atoms with Crippen molar-refractivity contribution in [1.82, 2.24) is 30.3 Å². The van der Waals surface area contributed by atoms with Gasteiger partial charge in [0.2, 0.25) is 0 Å². The van der Waals surface area contributed by atoms with Crippen LogP contribution in [0, 0.1) is 0 Å². The molecule has 0 spiro atoms. The number of nitrogens with one attached hydrogen (secondary N) is 1. The first-order chi connectivity index (χ1) is 7.83. The predicted octanol–water partition coefficient (Wildman–Crippen LogP) is 0.304. The standard InChI is InChI=1S/C10H14N6/c1-3-13-10(8-4-11-7-12-5-8)9-6-14-15-16(9)2/h4-7,10,13H,3H2,1-2H3. The molecule has 2 aromatic rings. The molecule has 6 nitrogen and oxygen atoms in total. The lowest BCUT2D eigenvalue weighted by molar-refractivity contribution is 0.565. The highest BCUT2D eigenvalue weighted by Gasteiger charge is 2.17. The summed E-state index contributed by atoms with van der Waals surface area (Å²) >= 11 is 0. The number of rotatable bonds is 4. The second kappa shape index (κ2) is 4.80. The van der Waals surface area contributed by atoms with E-state index < -0.39 is 0 Å². The number of aromatic nitrogens is 5. The first kappa shape index (κ1) is 10.7. The van der Waals surface area contributed by atoms with Crippen molar-refractivity contribution in [3.63, 3.8) is 0 Å². The molecule has 0 aromatic carbocycles. The third-order valence-corrected chi connectivity index (χ3v) is 2.37. The van der Waals surface area contributed by atoms with E-state index in [0.29, 0.717) is 0 Å². The first-order valence-corrected chi connectivity index (χ1v) is 5.15. The topological polar surface area (TPSA) is 68.5 Å². The maximum absolute atomic E-state index is 4.03. The molecule has 2 rings (SSSR count). The lowest BCUT2D eigenvalue weighted by Gasteiger charge is -2.16. The third kappa shape index (κ3) is 2.06. The summed E-state index contributed by atoms with van der Waals surface area (Å²) in [5, 5.41) is 11.2. The smallest absolute Gasteiger partial charge is 0.115 e. The van der Waals surface area contributed by atoms with E-state index in [4.69, 9.17) is 0 Å². The van der Waals surface area contributed by atoms with Crippen molar-refractivity contribution < 1.29 is 0 Å². The quantitative estimate of drug-likeness (QED) is 0.799. The van der Waals surface area contributed by atoms with E-state index in [1.165, 1.54) is 6.33 Å². The Bertz CT molecular complexity index is 438. The highest BCUT2D eigenvalue weighted by molar-refractivity contribution is 5.21. The molecule has 84 valence electrons. The molecule has 1 unspecified atom stereocenters. The second-order valence-corrected chi connectivity index (χ2v) is 3.44. The first-order valence-electron chi connectivity index (χ1n) is 5.15. The molecule has 0 saturated heterocycles. The van der Waals surface area contributed by atoms with Crippen LogP contribution in [-0.4, -0.2) is 31.5 Å². The average Bonchev–Trinajstić information content (AvgIpc) is 2.73. The lowest BCUT2D eigenvalue weighted by Crippen LogP contribution is -2.24. The van der Waals surface area contributed by atoms with Crippen LogP contribution in [0.3, 0.4) is 0 Å². The molecule has 0 fully saturated rings. The molecular weight excluding hydrogens is 204 g/mol. The Morgan fingerprint density at radius 3 is 2.62 bits per heavy atom. The number of nitrogens with zero attached hydrogens (tertiary/aromatic N) is 5. The van der Waals surface area contributed by atoms with Crippen molar-refractivity contribution in [1.29, 1.82) is 0 Å². The fourth-order valence-electron chi connectivity index (χ4n) is 1.62. The maximum Gasteiger partial charge on any atom is 0.115 e. The molecular formula is C10H14N6. The van der Waals surface area contributed by atoms with Gasteiger partial charge in [-0.05, 0) is 6.54 Å². The fourth-order valence-corrected chi connectivity index (χ4v) is 1.62. The van der Waals surface area contributed by atoms with Gasteiger partial charge >= 0.3 is 0 Å². The Balaban J connectivity index is 2.35. The van der Waals surface area contributed by atoms with Gasteiger partial charge in [-0.25, -0.2) is 9.97 Å². The Kier molecular flexibility index (Phi) is 3.21. The van der Waals surface area contributed by atoms with Gasteiger partial charge in [-0.1, -0.05) is 12.1 Å². The molecule has 0 aliphatic carbocycles. The third-order valence-electron chi connectivity index (χ3n) is 2.37. The molecule has 16 heavy (non-hydrogen) atoms. The molecule has 1 N–H and O–H groups in total. The molecule has 2 aromatic heterocycles. The average molecular weight is 218 g/mol. The summed E-state index contributed by atoms with van der Waals surface area (Å²) in [4.78, 5) is 8.05. The number of aryl methyl sites for hydroxylation is 1. The Morgan fingerprint density at radius 2 is 2.06 bits per heavy atom. The van der Waals surface area contributed by atoms with E-state index >= 15 is 0 Å². The van der Waals surface area contributed by atoms with E-state index in [9.17, 15) is 0 Å². The van der Waals surface area contributed by atoms with Gasteiger partial charge in [0, 0.05) is 25.0 Å². The van der Waals surface area contributed by atoms with Crippen LogP contribution in [0.25, 0.3) is 0 Å². The Morgan fingerprint density at radius 1 is 1.31 bits per heavy atom. The highest BCUT2D eigenvalue weighted by atomic mass is 15.4. The van der Waals surface area contributed by atoms with E-state index in [0.717, 1.165) is 17.8 Å². The minimum atomic E-state index is 0.0335. The maximum atomic E-state index is 4.03. The molecule has 2 heterocycles. The van der Waals surface area contributed by atoms with E-state index in [2.05, 4.69) is 32.5 Å². The summed E-state index contributed by atoms with van der Waals surface area (Å²) in [5.74, 6) is 0. The van der Waals surface area contributed by atoms with Crippen LogP contribution in [0.4, 0.5) is 0 Å². The fraction of sp³-hybridized carbons (Fsp3) is 0.400. The van der Waals surface area contributed by atoms with Gasteiger partial charge in [0.15, 0.2) is 0 Å². The van der Waals surface area contributed by atoms with E-state index in [1.807, 2.05) is 7.05 Å². The molecule has 0 radical (unpaired) electrons. The van der Waals surface area contributed by atoms with E-state index in [-0.39, 0.29) is 6.04 Å². The zero-order valence-electron chi connectivity index (χ0n) is 9.33. The van der Waals surface area contributed by atoms with Crippen molar-refractivity contribution in [2.75, 3.05) is 6.54 Å². The van der Waals surface area contributed by atoms with Crippen LogP contribution in [0.5, 0.6) is 0 Å². The van der Waals surface area contributed by atoms with Gasteiger partial charge in [-0.15, -0.1) is 5.10 Å². The summed E-state index contributed by atoms with van der Waals surface area (Å²) in [7, 11) is 1.87. The van der Waals surface area contributed by atoms with Crippen LogP contribution < -0.4 is 5.32 Å². The van der Waals surface area contributed by atoms with Gasteiger partial charge < -0.3 is 5.32 Å². The minimum absolute atomic E-state index is 0.0335. The number of hydrogen-bond donors (Lipinski definition) is 1. The normalized spacial score (nSPS) is 12.6. The predicted molar refractivity (Wildman–Crippen MR) is 58.6 cm³/mol. The molecule has 0 saturated carbocycles. The molecule has 0 aliphatic rings. The SMILES string of the molecule is CCNC(c1cncnc1)c1cnnn1C. The van der Waals surface area contributed by atoms with Crippen LogP contribution >= 0.6 is 0 Å². The van der Waals surface area contributed by atoms with Crippen LogP contribution in [-0.2, 0) is 7.05 Å². The second-order valence-electron chi connectivity index (χ2n) is 3.44. The summed E-state index contributed by atoms with van der Waals surface area (Å²) < 4.78 is 1.75. The van der Waals surface area contributed by atoms with Gasteiger partial charge in [-0.2, -0.15) is 0 Å². The molecule has 1 atom stereocenters. The zero-order chi connectivity index (χ0) is 11.4. The van der Waals surface area contributed by atoms with Crippen molar-refractivity contribution in [2.45, 2.75) is 13.0 Å². The van der Waals surface area contributed by atoms with Crippen molar-refractivity contribution in [3.8, 4) is 0 Å². The van der Waals surface area contributed by atoms with Gasteiger partial charge in [-0.3, -0.25) is 4.68 Å². The highest BCUT2D eigenvalue weighted by Crippen LogP contribution is 2.18. The van der Waals surface area contributed by atoms with E-state index in [1.54, 1.807) is 23.3 Å². The Labute approximate surface area is 93.7 Å². The van der Waals surface area contributed by atoms with Crippen molar-refractivity contribution in [3.05, 3.63) is 36.2 Å². The van der Waals surface area contributed by atoms with Crippen molar-refractivity contribution in [2.24, 2.45) is 7.05 Å². The largest absolute Gasteiger partial charge is 0.305 e. The molecule has 0 bridgehead atoms. The number of hydrogen-bond acceptors (Lipinski definition) is 5. The Hall–Kier alpha value is -1.82. The van der Waals surface area contributed by atoms with Crippen molar-refractivity contribution >= 4 is 0 Å². The molecule has 0 aliphatic heterocycles. The minimum Gasteiger partial charge on any atom is -0.305 e. The van der Waals surface area contributed by atoms with Gasteiger partial charge in [0.1, 0.15) is 6.33 Å². The molecule has 0 amide bonds. The molecule has 6 heteroatoms. The summed E-state index contributed by atoms with van der Waals surface area (Å²) in [6.07, 6.45) is 6.87. The monoisotopic (exact) mass is 218 g/mol. The summed E-state index contributed by atoms with van der Waals surface area (Å²) in [6, 6.07) is 0.0335. The van der Waals surface area contributed by atoms with Crippen LogP contribution in [0.1, 0.15) is 24.2 Å². The summed E-state index contributed by atoms with van der Waals surface area (Å²) in [6.45, 7) is 2.91. The van der Waals surface area contributed by atoms with Crippen LogP contribution in [0.2, 0.25) is 0 Å². The summed E-state index contributed by atoms with van der Waals surface area (Å²) in [5.41, 5.74) is 2.01.